The SMILES string of the molecule is CCS(=O)(=O)c1cc(-c2ccc(C3(OC(F)(F)F)CC3)cc2)cnc1-c1nc2cc(C(F)(F)C(F)(F)F)nnc2n1C. The largest absolute Gasteiger partial charge is 0.523 e. The quantitative estimate of drug-likeness (QED) is 0.231. The van der Waals surface area contributed by atoms with Crippen LogP contribution < -0.4 is 0 Å². The summed E-state index contributed by atoms with van der Waals surface area (Å²) in [6.07, 6.45) is -9.13. The summed E-state index contributed by atoms with van der Waals surface area (Å²) in [5.41, 5.74) is -2.99. The highest BCUT2D eigenvalue weighted by molar-refractivity contribution is 7.91. The van der Waals surface area contributed by atoms with Crippen molar-refractivity contribution in [2.75, 3.05) is 5.75 Å². The molecule has 17 heteroatoms. The van der Waals surface area contributed by atoms with Crippen molar-refractivity contribution in [3.8, 4) is 22.6 Å². The molecule has 0 N–H and O–H groups in total. The average Bonchev–Trinajstić information content (AvgIpc) is 3.61. The third-order valence-corrected chi connectivity index (χ3v) is 8.58. The first-order chi connectivity index (χ1) is 19.4. The number of nitrogens with zero attached hydrogens (tertiary/aromatic N) is 5. The van der Waals surface area contributed by atoms with Gasteiger partial charge in [-0.15, -0.1) is 23.4 Å². The predicted octanol–water partition coefficient (Wildman–Crippen LogP) is 6.07. The fraction of sp³-hybridized carbons (Fsp3) is 0.360. The molecule has 1 aliphatic carbocycles. The minimum absolute atomic E-state index is 0.179. The molecule has 1 saturated carbocycles. The minimum atomic E-state index is -5.93. The number of fused-ring (bicyclic) bond motifs is 1. The Morgan fingerprint density at radius 3 is 2.14 bits per heavy atom. The van der Waals surface area contributed by atoms with Crippen molar-refractivity contribution in [1.29, 1.82) is 0 Å². The highest BCUT2D eigenvalue weighted by atomic mass is 32.2. The molecule has 0 spiro atoms. The van der Waals surface area contributed by atoms with Crippen LogP contribution in [0.15, 0.2) is 47.5 Å². The van der Waals surface area contributed by atoms with E-state index in [4.69, 9.17) is 0 Å². The molecule has 0 amide bonds. The number of sulfone groups is 1. The van der Waals surface area contributed by atoms with Gasteiger partial charge in [0.15, 0.2) is 21.3 Å². The molecular formula is C25H19F8N5O3S. The van der Waals surface area contributed by atoms with Crippen molar-refractivity contribution in [1.82, 2.24) is 24.7 Å². The minimum Gasteiger partial charge on any atom is -0.309 e. The second-order valence-corrected chi connectivity index (χ2v) is 11.8. The molecule has 42 heavy (non-hydrogen) atoms. The van der Waals surface area contributed by atoms with Gasteiger partial charge in [-0.3, -0.25) is 9.72 Å². The van der Waals surface area contributed by atoms with Crippen LogP contribution in [0.4, 0.5) is 35.1 Å². The zero-order chi connectivity index (χ0) is 30.9. The van der Waals surface area contributed by atoms with E-state index in [1.165, 1.54) is 50.5 Å². The standard InChI is InChI=1S/C25H19F8N5O3S/c1-3-42(39,40)17-10-14(13-4-6-15(7-5-13)22(8-9-22)41-25(31,32)33)12-34-19(17)21-35-16-11-18(23(26,27)24(28,29)30)36-37-20(16)38(21)2/h4-7,10-12H,3,8-9H2,1-2H3. The van der Waals surface area contributed by atoms with Crippen molar-refractivity contribution in [3.05, 3.63) is 53.9 Å². The maximum absolute atomic E-state index is 13.8. The lowest BCUT2D eigenvalue weighted by molar-refractivity contribution is -0.352. The van der Waals surface area contributed by atoms with Crippen LogP contribution in [0, 0.1) is 0 Å². The van der Waals surface area contributed by atoms with Crippen LogP contribution in [0.25, 0.3) is 33.8 Å². The number of pyridine rings is 1. The lowest BCUT2D eigenvalue weighted by Gasteiger charge is -2.19. The molecule has 3 heterocycles. The molecule has 0 atom stereocenters. The van der Waals surface area contributed by atoms with Gasteiger partial charge in [0.05, 0.1) is 10.6 Å². The van der Waals surface area contributed by atoms with Crippen LogP contribution in [0.3, 0.4) is 0 Å². The first-order valence-corrected chi connectivity index (χ1v) is 13.8. The molecule has 5 rings (SSSR count). The van der Waals surface area contributed by atoms with Crippen LogP contribution in [-0.2, 0) is 33.1 Å². The normalized spacial score (nSPS) is 15.8. The zero-order valence-electron chi connectivity index (χ0n) is 21.6. The van der Waals surface area contributed by atoms with Gasteiger partial charge in [-0.2, -0.15) is 22.0 Å². The molecule has 0 unspecified atom stereocenters. The molecule has 8 nitrogen and oxygen atoms in total. The summed E-state index contributed by atoms with van der Waals surface area (Å²) in [5, 5.41) is 6.46. The van der Waals surface area contributed by atoms with E-state index in [2.05, 4.69) is 24.9 Å². The van der Waals surface area contributed by atoms with Crippen LogP contribution in [0.2, 0.25) is 0 Å². The molecule has 1 fully saturated rings. The number of aryl methyl sites for hydroxylation is 1. The Labute approximate surface area is 232 Å². The van der Waals surface area contributed by atoms with Crippen molar-refractivity contribution in [3.63, 3.8) is 0 Å². The highest BCUT2D eigenvalue weighted by Gasteiger charge is 2.60. The topological polar surface area (TPSA) is 99.9 Å². The number of imidazole rings is 1. The van der Waals surface area contributed by atoms with Gasteiger partial charge >= 0.3 is 18.5 Å². The van der Waals surface area contributed by atoms with Crippen molar-refractivity contribution in [2.24, 2.45) is 7.05 Å². The van der Waals surface area contributed by atoms with E-state index in [1.807, 2.05) is 0 Å². The summed E-state index contributed by atoms with van der Waals surface area (Å²) in [4.78, 5) is 7.96. The van der Waals surface area contributed by atoms with Gasteiger partial charge in [0.25, 0.3) is 0 Å². The summed E-state index contributed by atoms with van der Waals surface area (Å²) in [7, 11) is -2.69. The Hall–Kier alpha value is -3.73. The molecule has 4 aromatic rings. The number of hydrogen-bond acceptors (Lipinski definition) is 7. The maximum atomic E-state index is 13.8. The van der Waals surface area contributed by atoms with Crippen molar-refractivity contribution < 1.29 is 48.3 Å². The molecule has 1 aliphatic rings. The van der Waals surface area contributed by atoms with Gasteiger partial charge in [-0.1, -0.05) is 31.2 Å². The average molecular weight is 622 g/mol. The van der Waals surface area contributed by atoms with Crippen LogP contribution in [0.5, 0.6) is 0 Å². The fourth-order valence-electron chi connectivity index (χ4n) is 4.41. The third-order valence-electron chi connectivity index (χ3n) is 6.83. The smallest absolute Gasteiger partial charge is 0.309 e. The molecule has 0 radical (unpaired) electrons. The van der Waals surface area contributed by atoms with Crippen molar-refractivity contribution in [2.45, 2.75) is 48.7 Å². The van der Waals surface area contributed by atoms with E-state index in [1.54, 1.807) is 0 Å². The lowest BCUT2D eigenvalue weighted by Crippen LogP contribution is -2.34. The number of benzene rings is 1. The number of rotatable bonds is 7. The number of aromatic nitrogens is 5. The first-order valence-electron chi connectivity index (χ1n) is 12.1. The van der Waals surface area contributed by atoms with Gasteiger partial charge < -0.3 is 4.57 Å². The number of halogens is 8. The van der Waals surface area contributed by atoms with Crippen molar-refractivity contribution >= 4 is 21.0 Å². The van der Waals surface area contributed by atoms with E-state index in [0.717, 1.165) is 4.57 Å². The van der Waals surface area contributed by atoms with Crippen LogP contribution >= 0.6 is 0 Å². The Morgan fingerprint density at radius 2 is 1.60 bits per heavy atom. The molecule has 0 bridgehead atoms. The number of hydrogen-bond donors (Lipinski definition) is 0. The lowest BCUT2D eigenvalue weighted by atomic mass is 10.0. The van der Waals surface area contributed by atoms with Gasteiger partial charge in [0.2, 0.25) is 0 Å². The Morgan fingerprint density at radius 1 is 0.952 bits per heavy atom. The van der Waals surface area contributed by atoms with Gasteiger partial charge in [0.1, 0.15) is 22.5 Å². The van der Waals surface area contributed by atoms with Crippen LogP contribution in [0.1, 0.15) is 31.0 Å². The van der Waals surface area contributed by atoms with E-state index in [0.29, 0.717) is 17.2 Å². The Balaban J connectivity index is 1.57. The number of ether oxygens (including phenoxy) is 1. The van der Waals surface area contributed by atoms with Gasteiger partial charge in [-0.05, 0) is 36.1 Å². The molecule has 3 aromatic heterocycles. The third kappa shape index (κ3) is 5.19. The van der Waals surface area contributed by atoms with E-state index in [-0.39, 0.29) is 46.2 Å². The summed E-state index contributed by atoms with van der Waals surface area (Å²) < 4.78 is 136. The second-order valence-electron chi connectivity index (χ2n) is 9.60. The molecular weight excluding hydrogens is 602 g/mol. The van der Waals surface area contributed by atoms with E-state index >= 15 is 0 Å². The monoisotopic (exact) mass is 621 g/mol. The molecule has 0 saturated heterocycles. The summed E-state index contributed by atoms with van der Waals surface area (Å²) in [6, 6.07) is 7.53. The first kappa shape index (κ1) is 29.8. The van der Waals surface area contributed by atoms with Gasteiger partial charge in [0, 0.05) is 18.8 Å². The second kappa shape index (κ2) is 9.65. The zero-order valence-corrected chi connectivity index (χ0v) is 22.4. The van der Waals surface area contributed by atoms with E-state index < -0.39 is 45.1 Å². The molecule has 0 aliphatic heterocycles. The molecule has 224 valence electrons. The summed E-state index contributed by atoms with van der Waals surface area (Å²) in [6.45, 7) is 1.36. The summed E-state index contributed by atoms with van der Waals surface area (Å²) in [5.74, 6) is -5.89. The fourth-order valence-corrected chi connectivity index (χ4v) is 5.47. The summed E-state index contributed by atoms with van der Waals surface area (Å²) >= 11 is 0. The Kier molecular flexibility index (Phi) is 6.84. The Bertz CT molecular complexity index is 1780. The van der Waals surface area contributed by atoms with Crippen LogP contribution in [-0.4, -0.2) is 51.4 Å². The molecule has 1 aromatic carbocycles. The van der Waals surface area contributed by atoms with E-state index in [9.17, 15) is 43.5 Å². The number of alkyl halides is 8. The maximum Gasteiger partial charge on any atom is 0.523 e. The highest BCUT2D eigenvalue weighted by Crippen LogP contribution is 2.52. The predicted molar refractivity (Wildman–Crippen MR) is 131 cm³/mol. The van der Waals surface area contributed by atoms with Gasteiger partial charge in [-0.25, -0.2) is 13.4 Å².